The van der Waals surface area contributed by atoms with Crippen molar-refractivity contribution in [1.82, 2.24) is 9.55 Å². The summed E-state index contributed by atoms with van der Waals surface area (Å²) in [5, 5.41) is 9.31. The smallest absolute Gasteiger partial charge is 0.151 e. The molecule has 3 rings (SSSR count). The molecule has 0 spiro atoms. The molecule has 108 valence electrons. The Kier molecular flexibility index (Phi) is 3.33. The molecule has 2 aromatic carbocycles. The van der Waals surface area contributed by atoms with Crippen molar-refractivity contribution in [2.45, 2.75) is 19.9 Å². The quantitative estimate of drug-likeness (QED) is 0.788. The highest BCUT2D eigenvalue weighted by atomic mass is 19.1. The number of aromatic hydroxyl groups is 1. The zero-order valence-corrected chi connectivity index (χ0v) is 11.5. The van der Waals surface area contributed by atoms with Crippen molar-refractivity contribution >= 4 is 11.0 Å². The topological polar surface area (TPSA) is 38.0 Å². The molecule has 1 aromatic heterocycles. The van der Waals surface area contributed by atoms with Crippen LogP contribution in [0.25, 0.3) is 22.4 Å². The Balaban J connectivity index is 2.30. The van der Waals surface area contributed by atoms with Crippen LogP contribution in [0.4, 0.5) is 8.78 Å². The van der Waals surface area contributed by atoms with Gasteiger partial charge in [0.05, 0.1) is 11.1 Å². The van der Waals surface area contributed by atoms with Crippen molar-refractivity contribution < 1.29 is 13.9 Å². The predicted octanol–water partition coefficient (Wildman–Crippen LogP) is 4.10. The second-order valence-corrected chi connectivity index (χ2v) is 4.86. The normalized spacial score (nSPS) is 11.2. The lowest BCUT2D eigenvalue weighted by Gasteiger charge is -2.08. The molecule has 0 radical (unpaired) electrons. The maximum absolute atomic E-state index is 14.1. The van der Waals surface area contributed by atoms with Gasteiger partial charge in [-0.3, -0.25) is 0 Å². The van der Waals surface area contributed by atoms with Crippen molar-refractivity contribution in [3.05, 3.63) is 48.0 Å². The van der Waals surface area contributed by atoms with Gasteiger partial charge >= 0.3 is 0 Å². The van der Waals surface area contributed by atoms with Gasteiger partial charge in [-0.05, 0) is 30.7 Å². The first-order chi connectivity index (χ1) is 10.1. The molecule has 0 unspecified atom stereocenters. The lowest BCUT2D eigenvalue weighted by Crippen LogP contribution is -2.01. The number of aryl methyl sites for hydroxylation is 1. The number of phenolic OH excluding ortho intramolecular Hbond substituents is 1. The van der Waals surface area contributed by atoms with Gasteiger partial charge < -0.3 is 9.67 Å². The van der Waals surface area contributed by atoms with Crippen LogP contribution < -0.4 is 0 Å². The van der Waals surface area contributed by atoms with E-state index < -0.39 is 11.6 Å². The van der Waals surface area contributed by atoms with E-state index in [-0.39, 0.29) is 16.8 Å². The molecule has 1 heterocycles. The van der Waals surface area contributed by atoms with Crippen LogP contribution in [0.2, 0.25) is 0 Å². The third kappa shape index (κ3) is 2.24. The highest BCUT2D eigenvalue weighted by Gasteiger charge is 2.17. The molecule has 0 amide bonds. The van der Waals surface area contributed by atoms with Crippen LogP contribution in [0.3, 0.4) is 0 Å². The molecule has 0 aliphatic heterocycles. The molecule has 0 fully saturated rings. The fourth-order valence-corrected chi connectivity index (χ4v) is 2.45. The Morgan fingerprint density at radius 3 is 2.67 bits per heavy atom. The number of hydrogen-bond acceptors (Lipinski definition) is 2. The first kappa shape index (κ1) is 13.5. The zero-order valence-electron chi connectivity index (χ0n) is 11.5. The lowest BCUT2D eigenvalue weighted by atomic mass is 10.2. The minimum atomic E-state index is -0.580. The molecule has 3 nitrogen and oxygen atoms in total. The Bertz CT molecular complexity index is 811. The number of para-hydroxylation sites is 1. The Labute approximate surface area is 120 Å². The Hall–Kier alpha value is -2.43. The van der Waals surface area contributed by atoms with Crippen LogP contribution in [-0.2, 0) is 6.54 Å². The fraction of sp³-hybridized carbons (Fsp3) is 0.188. The summed E-state index contributed by atoms with van der Waals surface area (Å²) in [7, 11) is 0. The third-order valence-electron chi connectivity index (χ3n) is 3.37. The van der Waals surface area contributed by atoms with Crippen molar-refractivity contribution in [3.8, 4) is 17.1 Å². The number of benzene rings is 2. The molecule has 0 aliphatic rings. The number of aromatic nitrogens is 2. The van der Waals surface area contributed by atoms with Gasteiger partial charge in [0.25, 0.3) is 0 Å². The summed E-state index contributed by atoms with van der Waals surface area (Å²) in [4.78, 5) is 4.26. The summed E-state index contributed by atoms with van der Waals surface area (Å²) in [6.45, 7) is 2.59. The van der Waals surface area contributed by atoms with Gasteiger partial charge in [0.15, 0.2) is 5.82 Å². The molecule has 1 N–H and O–H groups in total. The molecule has 0 aliphatic carbocycles. The van der Waals surface area contributed by atoms with E-state index in [0.717, 1.165) is 12.5 Å². The molecular weight excluding hydrogens is 274 g/mol. The SMILES string of the molecule is CCCn1c(-c2ccc(O)cc2F)nc2c(F)cccc21. The Morgan fingerprint density at radius 1 is 1.14 bits per heavy atom. The number of phenols is 1. The van der Waals surface area contributed by atoms with Crippen LogP contribution in [0.1, 0.15) is 13.3 Å². The van der Waals surface area contributed by atoms with E-state index in [1.165, 1.54) is 18.2 Å². The van der Waals surface area contributed by atoms with Crippen molar-refractivity contribution in [1.29, 1.82) is 0 Å². The lowest BCUT2D eigenvalue weighted by molar-refractivity contribution is 0.469. The maximum atomic E-state index is 14.1. The molecular formula is C16H14F2N2O. The minimum absolute atomic E-state index is 0.152. The number of nitrogens with zero attached hydrogens (tertiary/aromatic N) is 2. The minimum Gasteiger partial charge on any atom is -0.508 e. The van der Waals surface area contributed by atoms with E-state index in [1.807, 2.05) is 6.92 Å². The fourth-order valence-electron chi connectivity index (χ4n) is 2.45. The van der Waals surface area contributed by atoms with Crippen molar-refractivity contribution in [2.24, 2.45) is 0 Å². The number of hydrogen-bond donors (Lipinski definition) is 1. The molecule has 21 heavy (non-hydrogen) atoms. The van der Waals surface area contributed by atoms with Gasteiger partial charge in [-0.1, -0.05) is 13.0 Å². The van der Waals surface area contributed by atoms with E-state index in [1.54, 1.807) is 16.7 Å². The summed E-state index contributed by atoms with van der Waals surface area (Å²) in [5.41, 5.74) is 1.12. The largest absolute Gasteiger partial charge is 0.508 e. The van der Waals surface area contributed by atoms with Crippen molar-refractivity contribution in [2.75, 3.05) is 0 Å². The third-order valence-corrected chi connectivity index (χ3v) is 3.37. The summed E-state index contributed by atoms with van der Waals surface area (Å²) >= 11 is 0. The van der Waals surface area contributed by atoms with Gasteiger partial charge in [0.2, 0.25) is 0 Å². The molecule has 0 bridgehead atoms. The van der Waals surface area contributed by atoms with Gasteiger partial charge in [-0.15, -0.1) is 0 Å². The maximum Gasteiger partial charge on any atom is 0.151 e. The van der Waals surface area contributed by atoms with Crippen molar-refractivity contribution in [3.63, 3.8) is 0 Å². The zero-order chi connectivity index (χ0) is 15.0. The second-order valence-electron chi connectivity index (χ2n) is 4.86. The summed E-state index contributed by atoms with van der Waals surface area (Å²) in [6.07, 6.45) is 0.814. The number of halogens is 2. The van der Waals surface area contributed by atoms with Crippen LogP contribution >= 0.6 is 0 Å². The van der Waals surface area contributed by atoms with Crippen LogP contribution in [-0.4, -0.2) is 14.7 Å². The second kappa shape index (κ2) is 5.16. The first-order valence-corrected chi connectivity index (χ1v) is 6.75. The first-order valence-electron chi connectivity index (χ1n) is 6.75. The monoisotopic (exact) mass is 288 g/mol. The van der Waals surface area contributed by atoms with E-state index in [0.29, 0.717) is 17.9 Å². The molecule has 3 aromatic rings. The summed E-state index contributed by atoms with van der Waals surface area (Å²) in [5.74, 6) is -0.791. The summed E-state index contributed by atoms with van der Waals surface area (Å²) < 4.78 is 29.8. The van der Waals surface area contributed by atoms with Crippen LogP contribution in [0.5, 0.6) is 5.75 Å². The Morgan fingerprint density at radius 2 is 1.95 bits per heavy atom. The number of fused-ring (bicyclic) bond motifs is 1. The molecule has 0 atom stereocenters. The van der Waals surface area contributed by atoms with E-state index in [9.17, 15) is 13.9 Å². The van der Waals surface area contributed by atoms with Gasteiger partial charge in [-0.2, -0.15) is 0 Å². The number of imidazole rings is 1. The molecule has 0 saturated carbocycles. The van der Waals surface area contributed by atoms with Crippen LogP contribution in [0, 0.1) is 11.6 Å². The van der Waals surface area contributed by atoms with Gasteiger partial charge in [-0.25, -0.2) is 13.8 Å². The summed E-state index contributed by atoms with van der Waals surface area (Å²) in [6, 6.07) is 8.59. The van der Waals surface area contributed by atoms with E-state index in [4.69, 9.17) is 0 Å². The average Bonchev–Trinajstić information content (AvgIpc) is 2.80. The van der Waals surface area contributed by atoms with E-state index in [2.05, 4.69) is 4.98 Å². The van der Waals surface area contributed by atoms with Gasteiger partial charge in [0.1, 0.15) is 22.9 Å². The highest BCUT2D eigenvalue weighted by molar-refractivity contribution is 5.81. The standard InChI is InChI=1S/C16H14F2N2O/c1-2-8-20-14-5-3-4-12(17)15(14)19-16(20)11-7-6-10(21)9-13(11)18/h3-7,9,21H,2,8H2,1H3. The highest BCUT2D eigenvalue weighted by Crippen LogP contribution is 2.29. The predicted molar refractivity (Wildman–Crippen MR) is 77.0 cm³/mol. The van der Waals surface area contributed by atoms with E-state index >= 15 is 0 Å². The van der Waals surface area contributed by atoms with Gasteiger partial charge in [0, 0.05) is 12.6 Å². The van der Waals surface area contributed by atoms with Crippen LogP contribution in [0.15, 0.2) is 36.4 Å². The average molecular weight is 288 g/mol. The number of rotatable bonds is 3. The molecule has 0 saturated heterocycles. The molecule has 5 heteroatoms.